The summed E-state index contributed by atoms with van der Waals surface area (Å²) in [6.45, 7) is -0.321. The van der Waals surface area contributed by atoms with Gasteiger partial charge >= 0.3 is 5.97 Å². The van der Waals surface area contributed by atoms with Crippen LogP contribution in [-0.2, 0) is 16.0 Å². The van der Waals surface area contributed by atoms with E-state index in [0.29, 0.717) is 12.2 Å². The van der Waals surface area contributed by atoms with Crippen molar-refractivity contribution >= 4 is 23.6 Å². The molecule has 1 amide bonds. The number of hydrogen-bond donors (Lipinski definition) is 2. The van der Waals surface area contributed by atoms with Crippen molar-refractivity contribution in [2.24, 2.45) is 5.92 Å². The van der Waals surface area contributed by atoms with Gasteiger partial charge in [0.1, 0.15) is 6.54 Å². The van der Waals surface area contributed by atoms with Crippen molar-refractivity contribution in [1.82, 2.24) is 5.32 Å². The van der Waals surface area contributed by atoms with Crippen molar-refractivity contribution < 1.29 is 14.7 Å². The molecule has 18 heavy (non-hydrogen) atoms. The molecule has 2 N–H and O–H groups in total. The quantitative estimate of drug-likeness (QED) is 0.784. The van der Waals surface area contributed by atoms with Gasteiger partial charge in [-0.1, -0.05) is 30.3 Å². The van der Waals surface area contributed by atoms with Crippen LogP contribution in [-0.4, -0.2) is 35.5 Å². The molecule has 4 nitrogen and oxygen atoms in total. The van der Waals surface area contributed by atoms with E-state index in [1.165, 1.54) is 0 Å². The van der Waals surface area contributed by atoms with Crippen LogP contribution in [0, 0.1) is 5.92 Å². The zero-order valence-electron chi connectivity index (χ0n) is 10.3. The fourth-order valence-corrected chi connectivity index (χ4v) is 2.31. The SMILES string of the molecule is CSCC(Cc1ccccc1)C(=O)NCC(=O)O. The second kappa shape index (κ2) is 7.76. The molecule has 0 saturated carbocycles. The fraction of sp³-hybridized carbons (Fsp3) is 0.385. The van der Waals surface area contributed by atoms with Crippen LogP contribution in [0.1, 0.15) is 5.56 Å². The van der Waals surface area contributed by atoms with E-state index in [1.54, 1.807) is 11.8 Å². The van der Waals surface area contributed by atoms with Crippen LogP contribution < -0.4 is 5.32 Å². The molecule has 1 aromatic carbocycles. The number of hydrogen-bond acceptors (Lipinski definition) is 3. The maximum Gasteiger partial charge on any atom is 0.322 e. The maximum absolute atomic E-state index is 11.9. The summed E-state index contributed by atoms with van der Waals surface area (Å²) in [4.78, 5) is 22.3. The summed E-state index contributed by atoms with van der Waals surface area (Å²) in [6, 6.07) is 9.73. The van der Waals surface area contributed by atoms with Crippen LogP contribution in [0.3, 0.4) is 0 Å². The normalized spacial score (nSPS) is 11.8. The van der Waals surface area contributed by atoms with Crippen molar-refractivity contribution in [3.05, 3.63) is 35.9 Å². The molecule has 5 heteroatoms. The number of benzene rings is 1. The van der Waals surface area contributed by atoms with Crippen molar-refractivity contribution in [1.29, 1.82) is 0 Å². The Balaban J connectivity index is 2.58. The molecule has 0 radical (unpaired) electrons. The molecular weight excluding hydrogens is 250 g/mol. The third kappa shape index (κ3) is 5.23. The van der Waals surface area contributed by atoms with Gasteiger partial charge in [-0.25, -0.2) is 0 Å². The number of thioether (sulfide) groups is 1. The molecule has 0 aliphatic heterocycles. The van der Waals surface area contributed by atoms with Crippen LogP contribution in [0.4, 0.5) is 0 Å². The third-order valence-corrected chi connectivity index (χ3v) is 3.21. The predicted molar refractivity (Wildman–Crippen MR) is 72.7 cm³/mol. The highest BCUT2D eigenvalue weighted by Crippen LogP contribution is 2.13. The average molecular weight is 267 g/mol. The maximum atomic E-state index is 11.9. The summed E-state index contributed by atoms with van der Waals surface area (Å²) in [5.74, 6) is -0.733. The van der Waals surface area contributed by atoms with Crippen molar-refractivity contribution in [2.45, 2.75) is 6.42 Å². The molecule has 1 atom stereocenters. The number of nitrogens with one attached hydrogen (secondary N) is 1. The molecule has 0 aromatic heterocycles. The monoisotopic (exact) mass is 267 g/mol. The molecule has 0 bridgehead atoms. The van der Waals surface area contributed by atoms with E-state index in [0.717, 1.165) is 5.56 Å². The zero-order valence-corrected chi connectivity index (χ0v) is 11.1. The molecule has 1 aromatic rings. The van der Waals surface area contributed by atoms with E-state index in [4.69, 9.17) is 5.11 Å². The highest BCUT2D eigenvalue weighted by atomic mass is 32.2. The summed E-state index contributed by atoms with van der Waals surface area (Å²) in [6.07, 6.45) is 2.57. The van der Waals surface area contributed by atoms with Crippen LogP contribution in [0.15, 0.2) is 30.3 Å². The standard InChI is InChI=1S/C13H17NO3S/c1-18-9-11(13(17)14-8-12(15)16)7-10-5-3-2-4-6-10/h2-6,11H,7-9H2,1H3,(H,14,17)(H,15,16). The van der Waals surface area contributed by atoms with E-state index >= 15 is 0 Å². The molecule has 0 fully saturated rings. The Morgan fingerprint density at radius 3 is 2.56 bits per heavy atom. The Morgan fingerprint density at radius 2 is 2.00 bits per heavy atom. The number of rotatable bonds is 7. The largest absolute Gasteiger partial charge is 0.480 e. The first-order chi connectivity index (χ1) is 8.63. The second-order valence-electron chi connectivity index (χ2n) is 3.95. The fourth-order valence-electron chi connectivity index (χ4n) is 1.63. The van der Waals surface area contributed by atoms with Crippen LogP contribution in [0.25, 0.3) is 0 Å². The van der Waals surface area contributed by atoms with Gasteiger partial charge in [0.05, 0.1) is 5.92 Å². The first-order valence-electron chi connectivity index (χ1n) is 5.66. The van der Waals surface area contributed by atoms with Crippen molar-refractivity contribution in [2.75, 3.05) is 18.6 Å². The highest BCUT2D eigenvalue weighted by Gasteiger charge is 2.18. The Hall–Kier alpha value is -1.49. The summed E-state index contributed by atoms with van der Waals surface area (Å²) in [5.41, 5.74) is 1.09. The van der Waals surface area contributed by atoms with E-state index in [2.05, 4.69) is 5.32 Å². The minimum atomic E-state index is -1.02. The minimum absolute atomic E-state index is 0.193. The third-order valence-electron chi connectivity index (χ3n) is 2.48. The summed E-state index contributed by atoms with van der Waals surface area (Å²) >= 11 is 1.58. The number of aliphatic carboxylic acids is 1. The molecule has 1 rings (SSSR count). The number of carboxylic acid groups (broad SMARTS) is 1. The number of carbonyl (C=O) groups excluding carboxylic acids is 1. The number of amides is 1. The molecule has 0 heterocycles. The molecule has 1 unspecified atom stereocenters. The molecule has 0 aliphatic rings. The average Bonchev–Trinajstić information content (AvgIpc) is 2.36. The van der Waals surface area contributed by atoms with Gasteiger partial charge in [-0.05, 0) is 18.2 Å². The lowest BCUT2D eigenvalue weighted by atomic mass is 10.0. The van der Waals surface area contributed by atoms with Gasteiger partial charge in [-0.2, -0.15) is 11.8 Å². The Kier molecular flexibility index (Phi) is 6.28. The minimum Gasteiger partial charge on any atom is -0.480 e. The molecular formula is C13H17NO3S. The first kappa shape index (κ1) is 14.6. The zero-order chi connectivity index (χ0) is 13.4. The Morgan fingerprint density at radius 1 is 1.33 bits per heavy atom. The Labute approximate surface area is 111 Å². The highest BCUT2D eigenvalue weighted by molar-refractivity contribution is 7.98. The lowest BCUT2D eigenvalue weighted by Crippen LogP contribution is -2.36. The van der Waals surface area contributed by atoms with Gasteiger partial charge in [0.25, 0.3) is 0 Å². The lowest BCUT2D eigenvalue weighted by molar-refractivity contribution is -0.138. The molecule has 0 spiro atoms. The molecule has 98 valence electrons. The van der Waals surface area contributed by atoms with Gasteiger partial charge < -0.3 is 10.4 Å². The summed E-state index contributed by atoms with van der Waals surface area (Å²) < 4.78 is 0. The van der Waals surface area contributed by atoms with Crippen LogP contribution in [0.5, 0.6) is 0 Å². The molecule has 0 saturated heterocycles. The smallest absolute Gasteiger partial charge is 0.322 e. The van der Waals surface area contributed by atoms with Gasteiger partial charge in [-0.3, -0.25) is 9.59 Å². The Bertz CT molecular complexity index is 394. The molecule has 0 aliphatic carbocycles. The number of carboxylic acids is 1. The van der Waals surface area contributed by atoms with E-state index in [-0.39, 0.29) is 18.4 Å². The first-order valence-corrected chi connectivity index (χ1v) is 7.05. The van der Waals surface area contributed by atoms with Crippen molar-refractivity contribution in [3.8, 4) is 0 Å². The van der Waals surface area contributed by atoms with Crippen molar-refractivity contribution in [3.63, 3.8) is 0 Å². The number of carbonyl (C=O) groups is 2. The summed E-state index contributed by atoms with van der Waals surface area (Å²) in [5, 5.41) is 11.0. The van der Waals surface area contributed by atoms with Crippen LogP contribution in [0.2, 0.25) is 0 Å². The predicted octanol–water partition coefficient (Wildman–Crippen LogP) is 1.41. The van der Waals surface area contributed by atoms with E-state index in [1.807, 2.05) is 36.6 Å². The van der Waals surface area contributed by atoms with Crippen LogP contribution >= 0.6 is 11.8 Å². The van der Waals surface area contributed by atoms with E-state index < -0.39 is 5.97 Å². The van der Waals surface area contributed by atoms with Gasteiger partial charge in [-0.15, -0.1) is 0 Å². The topological polar surface area (TPSA) is 66.4 Å². The van der Waals surface area contributed by atoms with Gasteiger partial charge in [0.15, 0.2) is 0 Å². The lowest BCUT2D eigenvalue weighted by Gasteiger charge is -2.15. The van der Waals surface area contributed by atoms with Gasteiger partial charge in [0.2, 0.25) is 5.91 Å². The second-order valence-corrected chi connectivity index (χ2v) is 4.86. The summed E-state index contributed by atoms with van der Waals surface area (Å²) in [7, 11) is 0. The van der Waals surface area contributed by atoms with E-state index in [9.17, 15) is 9.59 Å². The van der Waals surface area contributed by atoms with Gasteiger partial charge in [0, 0.05) is 5.75 Å².